The number of amides is 2. The number of hydrogen-bond acceptors (Lipinski definition) is 4. The number of rotatable bonds is 8. The molecule has 0 atom stereocenters. The molecule has 0 aliphatic rings. The molecule has 3 rings (SSSR count). The lowest BCUT2D eigenvalue weighted by atomic mass is 10.1. The molecular formula is C25H24BrN3O3S. The SMILES string of the molecule is O=C(CCc1ccccc1)NNC(=S)NC(=O)c1cc(Br)ccc1OCCc1ccccc1. The Morgan fingerprint density at radius 1 is 0.848 bits per heavy atom. The minimum absolute atomic E-state index is 0.0109. The normalized spacial score (nSPS) is 10.2. The van der Waals surface area contributed by atoms with Crippen molar-refractivity contribution in [1.82, 2.24) is 16.2 Å². The van der Waals surface area contributed by atoms with E-state index in [0.717, 1.165) is 15.6 Å². The van der Waals surface area contributed by atoms with Crippen molar-refractivity contribution in [3.63, 3.8) is 0 Å². The van der Waals surface area contributed by atoms with Crippen molar-refractivity contribution in [1.29, 1.82) is 0 Å². The number of carbonyl (C=O) groups excluding carboxylic acids is 2. The Kier molecular flexibility index (Phi) is 9.41. The summed E-state index contributed by atoms with van der Waals surface area (Å²) in [6, 6.07) is 24.9. The van der Waals surface area contributed by atoms with Gasteiger partial charge in [0.1, 0.15) is 5.75 Å². The second-order valence-electron chi connectivity index (χ2n) is 7.17. The van der Waals surface area contributed by atoms with Gasteiger partial charge in [0.25, 0.3) is 5.91 Å². The summed E-state index contributed by atoms with van der Waals surface area (Å²) in [4.78, 5) is 24.8. The van der Waals surface area contributed by atoms with Crippen LogP contribution >= 0.6 is 28.1 Å². The van der Waals surface area contributed by atoms with Crippen LogP contribution in [0.5, 0.6) is 5.75 Å². The first-order valence-corrected chi connectivity index (χ1v) is 11.6. The number of ether oxygens (including phenoxy) is 1. The van der Waals surface area contributed by atoms with E-state index in [1.165, 1.54) is 0 Å². The van der Waals surface area contributed by atoms with Crippen LogP contribution in [-0.4, -0.2) is 23.5 Å². The van der Waals surface area contributed by atoms with E-state index in [9.17, 15) is 9.59 Å². The maximum Gasteiger partial charge on any atom is 0.261 e. The Morgan fingerprint density at radius 2 is 1.48 bits per heavy atom. The van der Waals surface area contributed by atoms with Crippen LogP contribution < -0.4 is 20.9 Å². The standard InChI is InChI=1S/C25H24BrN3O3S/c26-20-12-13-22(32-16-15-19-9-5-2-6-10-19)21(17-20)24(31)27-25(33)29-28-23(30)14-11-18-7-3-1-4-8-18/h1-10,12-13,17H,11,14-16H2,(H,28,30)(H2,27,29,31,33). The summed E-state index contributed by atoms with van der Waals surface area (Å²) >= 11 is 8.52. The van der Waals surface area contributed by atoms with E-state index in [1.807, 2.05) is 60.7 Å². The van der Waals surface area contributed by atoms with Gasteiger partial charge in [0.2, 0.25) is 5.91 Å². The second-order valence-corrected chi connectivity index (χ2v) is 8.49. The Bertz CT molecular complexity index is 1090. The number of hydrazine groups is 1. The molecule has 6 nitrogen and oxygen atoms in total. The number of nitrogens with one attached hydrogen (secondary N) is 3. The maximum absolute atomic E-state index is 12.8. The smallest absolute Gasteiger partial charge is 0.261 e. The lowest BCUT2D eigenvalue weighted by Gasteiger charge is -2.14. The minimum Gasteiger partial charge on any atom is -0.492 e. The zero-order chi connectivity index (χ0) is 23.5. The molecule has 170 valence electrons. The molecule has 0 radical (unpaired) electrons. The average Bonchev–Trinajstić information content (AvgIpc) is 2.83. The molecule has 2 amide bonds. The largest absolute Gasteiger partial charge is 0.492 e. The Labute approximate surface area is 206 Å². The second kappa shape index (κ2) is 12.7. The molecule has 0 aliphatic heterocycles. The Hall–Kier alpha value is -3.23. The van der Waals surface area contributed by atoms with Gasteiger partial charge in [0.15, 0.2) is 5.11 Å². The van der Waals surface area contributed by atoms with Crippen molar-refractivity contribution in [2.24, 2.45) is 0 Å². The fourth-order valence-electron chi connectivity index (χ4n) is 3.02. The molecular weight excluding hydrogens is 502 g/mol. The molecule has 0 aromatic heterocycles. The number of thiocarbonyl (C=S) groups is 1. The molecule has 0 saturated heterocycles. The zero-order valence-electron chi connectivity index (χ0n) is 17.8. The summed E-state index contributed by atoms with van der Waals surface area (Å²) in [5.41, 5.74) is 7.61. The van der Waals surface area contributed by atoms with Crippen LogP contribution in [0.4, 0.5) is 0 Å². The molecule has 0 bridgehead atoms. The third kappa shape index (κ3) is 8.32. The lowest BCUT2D eigenvalue weighted by Crippen LogP contribution is -2.48. The van der Waals surface area contributed by atoms with Crippen LogP contribution in [0.15, 0.2) is 83.3 Å². The van der Waals surface area contributed by atoms with E-state index in [4.69, 9.17) is 17.0 Å². The third-order valence-corrected chi connectivity index (χ3v) is 5.40. The summed E-state index contributed by atoms with van der Waals surface area (Å²) in [7, 11) is 0. The Balaban J connectivity index is 1.48. The van der Waals surface area contributed by atoms with Gasteiger partial charge in [-0.3, -0.25) is 25.8 Å². The fourth-order valence-corrected chi connectivity index (χ4v) is 3.53. The quantitative estimate of drug-likeness (QED) is 0.301. The van der Waals surface area contributed by atoms with E-state index >= 15 is 0 Å². The van der Waals surface area contributed by atoms with Crippen LogP contribution in [0.1, 0.15) is 27.9 Å². The third-order valence-electron chi connectivity index (χ3n) is 4.70. The number of hydrogen-bond donors (Lipinski definition) is 3. The topological polar surface area (TPSA) is 79.5 Å². The van der Waals surface area contributed by atoms with Gasteiger partial charge in [-0.2, -0.15) is 0 Å². The summed E-state index contributed by atoms with van der Waals surface area (Å²) < 4.78 is 6.59. The first kappa shape index (κ1) is 24.4. The van der Waals surface area contributed by atoms with E-state index < -0.39 is 5.91 Å². The molecule has 3 N–H and O–H groups in total. The molecule has 0 saturated carbocycles. The molecule has 33 heavy (non-hydrogen) atoms. The molecule has 0 heterocycles. The van der Waals surface area contributed by atoms with Crippen molar-refractivity contribution in [3.8, 4) is 5.75 Å². The molecule has 0 unspecified atom stereocenters. The highest BCUT2D eigenvalue weighted by Crippen LogP contribution is 2.23. The van der Waals surface area contributed by atoms with Gasteiger partial charge in [0, 0.05) is 17.3 Å². The first-order valence-electron chi connectivity index (χ1n) is 10.4. The highest BCUT2D eigenvalue weighted by atomic mass is 79.9. The number of benzene rings is 3. The molecule has 8 heteroatoms. The summed E-state index contributed by atoms with van der Waals surface area (Å²) in [6.45, 7) is 0.423. The van der Waals surface area contributed by atoms with Crippen molar-refractivity contribution >= 4 is 45.1 Å². The van der Waals surface area contributed by atoms with Crippen molar-refractivity contribution in [2.45, 2.75) is 19.3 Å². The van der Waals surface area contributed by atoms with E-state index in [0.29, 0.717) is 37.2 Å². The number of halogens is 1. The summed E-state index contributed by atoms with van der Waals surface area (Å²) in [5, 5.41) is 2.56. The summed E-state index contributed by atoms with van der Waals surface area (Å²) in [6.07, 6.45) is 1.61. The van der Waals surface area contributed by atoms with Gasteiger partial charge < -0.3 is 4.74 Å². The maximum atomic E-state index is 12.8. The van der Waals surface area contributed by atoms with Crippen molar-refractivity contribution < 1.29 is 14.3 Å². The van der Waals surface area contributed by atoms with Gasteiger partial charge in [-0.05, 0) is 48.0 Å². The van der Waals surface area contributed by atoms with E-state index in [-0.39, 0.29) is 11.0 Å². The molecule has 0 fully saturated rings. The van der Waals surface area contributed by atoms with Crippen LogP contribution in [0.3, 0.4) is 0 Å². The number of carbonyl (C=O) groups is 2. The highest BCUT2D eigenvalue weighted by Gasteiger charge is 2.15. The van der Waals surface area contributed by atoms with Crippen LogP contribution in [0.2, 0.25) is 0 Å². The van der Waals surface area contributed by atoms with Gasteiger partial charge >= 0.3 is 0 Å². The summed E-state index contributed by atoms with van der Waals surface area (Å²) in [5.74, 6) is -0.230. The van der Waals surface area contributed by atoms with Gasteiger partial charge in [0.05, 0.1) is 12.2 Å². The highest BCUT2D eigenvalue weighted by molar-refractivity contribution is 9.10. The first-order chi connectivity index (χ1) is 16.0. The average molecular weight is 526 g/mol. The van der Waals surface area contributed by atoms with E-state index in [2.05, 4.69) is 32.1 Å². The van der Waals surface area contributed by atoms with Gasteiger partial charge in [-0.15, -0.1) is 0 Å². The predicted molar refractivity (Wildman–Crippen MR) is 136 cm³/mol. The number of aryl methyl sites for hydroxylation is 1. The molecule has 3 aromatic carbocycles. The van der Waals surface area contributed by atoms with Crippen molar-refractivity contribution in [3.05, 3.63) is 100 Å². The predicted octanol–water partition coefficient (Wildman–Crippen LogP) is 4.34. The van der Waals surface area contributed by atoms with Gasteiger partial charge in [-0.25, -0.2) is 0 Å². The monoisotopic (exact) mass is 525 g/mol. The Morgan fingerprint density at radius 3 is 2.15 bits per heavy atom. The van der Waals surface area contributed by atoms with Crippen LogP contribution in [0.25, 0.3) is 0 Å². The lowest BCUT2D eigenvalue weighted by molar-refractivity contribution is -0.121. The van der Waals surface area contributed by atoms with Crippen LogP contribution in [-0.2, 0) is 17.6 Å². The minimum atomic E-state index is -0.443. The zero-order valence-corrected chi connectivity index (χ0v) is 20.2. The molecule has 3 aromatic rings. The molecule has 0 spiro atoms. The van der Waals surface area contributed by atoms with Crippen LogP contribution in [0, 0.1) is 0 Å². The van der Waals surface area contributed by atoms with E-state index in [1.54, 1.807) is 18.2 Å². The van der Waals surface area contributed by atoms with Gasteiger partial charge in [-0.1, -0.05) is 76.6 Å². The fraction of sp³-hybridized carbons (Fsp3) is 0.160. The van der Waals surface area contributed by atoms with Crippen molar-refractivity contribution in [2.75, 3.05) is 6.61 Å². The molecule has 0 aliphatic carbocycles.